The maximum atomic E-state index is 13.2. The number of ether oxygens (including phenoxy) is 1. The first-order valence-corrected chi connectivity index (χ1v) is 6.33. The minimum atomic E-state index is -0.979. The number of carbonyl (C=O) groups is 1. The van der Waals surface area contributed by atoms with Crippen molar-refractivity contribution in [3.05, 3.63) is 66.0 Å². The van der Waals surface area contributed by atoms with Crippen LogP contribution in [0.4, 0.5) is 4.39 Å². The van der Waals surface area contributed by atoms with Crippen molar-refractivity contribution >= 4 is 5.97 Å². The van der Waals surface area contributed by atoms with Crippen molar-refractivity contribution in [3.63, 3.8) is 0 Å². The van der Waals surface area contributed by atoms with E-state index >= 15 is 0 Å². The summed E-state index contributed by atoms with van der Waals surface area (Å²) in [6.07, 6.45) is 0.285. The lowest BCUT2D eigenvalue weighted by atomic mass is 9.96. The third kappa shape index (κ3) is 3.82. The number of carboxylic acids is 1. The SMILES string of the molecule is O=C(O)C(CCOc1ccccc1)c1cccc(F)c1. The van der Waals surface area contributed by atoms with Gasteiger partial charge in [-0.2, -0.15) is 0 Å². The number of benzene rings is 2. The van der Waals surface area contributed by atoms with Gasteiger partial charge in [-0.3, -0.25) is 4.79 Å². The molecule has 4 heteroatoms. The highest BCUT2D eigenvalue weighted by Gasteiger charge is 2.20. The predicted molar refractivity (Wildman–Crippen MR) is 73.3 cm³/mol. The molecule has 1 atom stereocenters. The van der Waals surface area contributed by atoms with Gasteiger partial charge in [0.05, 0.1) is 12.5 Å². The number of carboxylic acid groups (broad SMARTS) is 1. The van der Waals surface area contributed by atoms with E-state index in [4.69, 9.17) is 4.74 Å². The van der Waals surface area contributed by atoms with Crippen LogP contribution in [0.25, 0.3) is 0 Å². The first-order chi connectivity index (χ1) is 9.66. The molecule has 1 N–H and O–H groups in total. The molecule has 0 heterocycles. The summed E-state index contributed by atoms with van der Waals surface area (Å²) >= 11 is 0. The second kappa shape index (κ2) is 6.70. The van der Waals surface area contributed by atoms with Crippen molar-refractivity contribution in [1.29, 1.82) is 0 Å². The van der Waals surface area contributed by atoms with Gasteiger partial charge in [0.15, 0.2) is 0 Å². The zero-order chi connectivity index (χ0) is 14.4. The van der Waals surface area contributed by atoms with Crippen LogP contribution in [0.2, 0.25) is 0 Å². The van der Waals surface area contributed by atoms with Crippen molar-refractivity contribution in [2.45, 2.75) is 12.3 Å². The van der Waals surface area contributed by atoms with E-state index in [0.29, 0.717) is 11.3 Å². The van der Waals surface area contributed by atoms with Crippen molar-refractivity contribution in [3.8, 4) is 5.75 Å². The lowest BCUT2D eigenvalue weighted by Gasteiger charge is -2.13. The molecule has 0 bridgehead atoms. The fraction of sp³-hybridized carbons (Fsp3) is 0.188. The number of hydrogen-bond acceptors (Lipinski definition) is 2. The van der Waals surface area contributed by atoms with Gasteiger partial charge in [0.1, 0.15) is 11.6 Å². The Morgan fingerprint density at radius 2 is 1.90 bits per heavy atom. The monoisotopic (exact) mass is 274 g/mol. The van der Waals surface area contributed by atoms with Crippen LogP contribution in [0.3, 0.4) is 0 Å². The minimum absolute atomic E-state index is 0.261. The van der Waals surface area contributed by atoms with E-state index in [1.165, 1.54) is 18.2 Å². The number of halogens is 1. The van der Waals surface area contributed by atoms with Gasteiger partial charge in [0, 0.05) is 0 Å². The Morgan fingerprint density at radius 1 is 1.15 bits per heavy atom. The van der Waals surface area contributed by atoms with Crippen LogP contribution in [0.15, 0.2) is 54.6 Å². The Morgan fingerprint density at radius 3 is 2.55 bits per heavy atom. The van der Waals surface area contributed by atoms with Crippen molar-refractivity contribution in [2.75, 3.05) is 6.61 Å². The highest BCUT2D eigenvalue weighted by Crippen LogP contribution is 2.21. The molecule has 0 aliphatic heterocycles. The zero-order valence-electron chi connectivity index (χ0n) is 10.8. The summed E-state index contributed by atoms with van der Waals surface area (Å²) in [5.74, 6) is -1.49. The molecular weight excluding hydrogens is 259 g/mol. The van der Waals surface area contributed by atoms with E-state index in [-0.39, 0.29) is 13.0 Å². The zero-order valence-corrected chi connectivity index (χ0v) is 10.8. The Kier molecular flexibility index (Phi) is 4.71. The normalized spacial score (nSPS) is 11.8. The smallest absolute Gasteiger partial charge is 0.311 e. The molecule has 0 aliphatic rings. The molecule has 0 radical (unpaired) electrons. The van der Waals surface area contributed by atoms with Crippen molar-refractivity contribution < 1.29 is 19.0 Å². The summed E-state index contributed by atoms with van der Waals surface area (Å²) in [5.41, 5.74) is 0.453. The molecule has 0 amide bonds. The molecule has 20 heavy (non-hydrogen) atoms. The summed E-state index contributed by atoms with van der Waals surface area (Å²) in [6, 6.07) is 14.8. The maximum Gasteiger partial charge on any atom is 0.311 e. The molecule has 0 saturated heterocycles. The fourth-order valence-corrected chi connectivity index (χ4v) is 1.97. The van der Waals surface area contributed by atoms with Crippen LogP contribution in [0.1, 0.15) is 17.9 Å². The molecule has 2 aromatic rings. The van der Waals surface area contributed by atoms with E-state index in [1.807, 2.05) is 18.2 Å². The molecule has 0 aromatic heterocycles. The van der Waals surface area contributed by atoms with E-state index < -0.39 is 17.7 Å². The number of hydrogen-bond donors (Lipinski definition) is 1. The Bertz CT molecular complexity index is 569. The topological polar surface area (TPSA) is 46.5 Å². The summed E-state index contributed by atoms with van der Waals surface area (Å²) in [6.45, 7) is 0.261. The number of aliphatic carboxylic acids is 1. The van der Waals surface area contributed by atoms with Crippen molar-refractivity contribution in [2.24, 2.45) is 0 Å². The highest BCUT2D eigenvalue weighted by molar-refractivity contribution is 5.76. The minimum Gasteiger partial charge on any atom is -0.494 e. The van der Waals surface area contributed by atoms with Gasteiger partial charge in [-0.1, -0.05) is 30.3 Å². The predicted octanol–water partition coefficient (Wildman–Crippen LogP) is 3.46. The van der Waals surface area contributed by atoms with E-state index in [2.05, 4.69) is 0 Å². The van der Waals surface area contributed by atoms with Crippen LogP contribution in [0, 0.1) is 5.82 Å². The first kappa shape index (κ1) is 14.1. The molecule has 0 aliphatic carbocycles. The van der Waals surface area contributed by atoms with E-state index in [9.17, 15) is 14.3 Å². The molecule has 2 rings (SSSR count). The number of para-hydroxylation sites is 1. The number of rotatable bonds is 6. The Hall–Kier alpha value is -2.36. The van der Waals surface area contributed by atoms with Crippen LogP contribution in [-0.2, 0) is 4.79 Å². The largest absolute Gasteiger partial charge is 0.494 e. The second-order valence-electron chi connectivity index (χ2n) is 4.40. The van der Waals surface area contributed by atoms with Gasteiger partial charge in [-0.05, 0) is 36.2 Å². The average Bonchev–Trinajstić information content (AvgIpc) is 2.44. The third-order valence-corrected chi connectivity index (χ3v) is 2.97. The quantitative estimate of drug-likeness (QED) is 0.877. The highest BCUT2D eigenvalue weighted by atomic mass is 19.1. The van der Waals surface area contributed by atoms with Gasteiger partial charge in [0.2, 0.25) is 0 Å². The van der Waals surface area contributed by atoms with Crippen LogP contribution in [0.5, 0.6) is 5.75 Å². The summed E-state index contributed by atoms with van der Waals surface area (Å²) < 4.78 is 18.6. The molecule has 0 spiro atoms. The summed E-state index contributed by atoms with van der Waals surface area (Å²) in [7, 11) is 0. The molecule has 2 aromatic carbocycles. The average molecular weight is 274 g/mol. The molecule has 0 fully saturated rings. The van der Waals surface area contributed by atoms with E-state index in [1.54, 1.807) is 18.2 Å². The molecule has 0 saturated carbocycles. The van der Waals surface area contributed by atoms with Crippen LogP contribution >= 0.6 is 0 Å². The molecular formula is C16H15FO3. The maximum absolute atomic E-state index is 13.2. The molecule has 1 unspecified atom stereocenters. The lowest BCUT2D eigenvalue weighted by molar-refractivity contribution is -0.139. The molecule has 104 valence electrons. The van der Waals surface area contributed by atoms with Gasteiger partial charge in [0.25, 0.3) is 0 Å². The van der Waals surface area contributed by atoms with Crippen LogP contribution in [-0.4, -0.2) is 17.7 Å². The van der Waals surface area contributed by atoms with Gasteiger partial charge in [-0.15, -0.1) is 0 Å². The fourth-order valence-electron chi connectivity index (χ4n) is 1.97. The summed E-state index contributed by atoms with van der Waals surface area (Å²) in [5, 5.41) is 9.24. The second-order valence-corrected chi connectivity index (χ2v) is 4.40. The first-order valence-electron chi connectivity index (χ1n) is 6.33. The Balaban J connectivity index is 1.98. The Labute approximate surface area is 116 Å². The standard InChI is InChI=1S/C16H15FO3/c17-13-6-4-5-12(11-13)15(16(18)19)9-10-20-14-7-2-1-3-8-14/h1-8,11,15H,9-10H2,(H,18,19). The van der Waals surface area contributed by atoms with Crippen LogP contribution < -0.4 is 4.74 Å². The molecule has 3 nitrogen and oxygen atoms in total. The van der Waals surface area contributed by atoms with Crippen molar-refractivity contribution in [1.82, 2.24) is 0 Å². The lowest BCUT2D eigenvalue weighted by Crippen LogP contribution is -2.15. The van der Waals surface area contributed by atoms with Gasteiger partial charge in [-0.25, -0.2) is 4.39 Å². The van der Waals surface area contributed by atoms with Gasteiger partial charge < -0.3 is 9.84 Å². The van der Waals surface area contributed by atoms with Gasteiger partial charge >= 0.3 is 5.97 Å². The third-order valence-electron chi connectivity index (χ3n) is 2.97. The van der Waals surface area contributed by atoms with E-state index in [0.717, 1.165) is 0 Å². The summed E-state index contributed by atoms with van der Waals surface area (Å²) in [4.78, 5) is 11.3.